The number of hydrogen-bond donors (Lipinski definition) is 0. The summed E-state index contributed by atoms with van der Waals surface area (Å²) in [7, 11) is 0.179. The third-order valence-electron chi connectivity index (χ3n) is 8.47. The van der Waals surface area contributed by atoms with E-state index in [1.54, 1.807) is 0 Å². The highest BCUT2D eigenvalue weighted by molar-refractivity contribution is 6.89. The van der Waals surface area contributed by atoms with Crippen LogP contribution in [-0.4, -0.2) is 8.07 Å². The Labute approximate surface area is 255 Å². The monoisotopic (exact) mass is 571 g/mol. The van der Waals surface area contributed by atoms with Crippen molar-refractivity contribution in [1.29, 1.82) is 0 Å². The lowest BCUT2D eigenvalue weighted by Crippen LogP contribution is -2.46. The molecule has 0 spiro atoms. The Morgan fingerprint density at radius 1 is 0.762 bits per heavy atom. The molecule has 0 unspecified atom stereocenters. The number of benzene rings is 4. The zero-order valence-corrected chi connectivity index (χ0v) is 27.0. The molecular weight excluding hydrogens is 527 g/mol. The maximum atomic E-state index is 8.56. The van der Waals surface area contributed by atoms with Gasteiger partial charge in [0, 0.05) is 26.1 Å². The molecule has 0 aliphatic carbocycles. The topological polar surface area (TPSA) is 17.0 Å². The zero-order valence-electron chi connectivity index (χ0n) is 29.0. The maximum absolute atomic E-state index is 8.56. The van der Waals surface area contributed by atoms with Gasteiger partial charge in [-0.15, -0.1) is 0 Å². The van der Waals surface area contributed by atoms with Gasteiger partial charge in [0.05, 0.1) is 13.6 Å². The second kappa shape index (κ2) is 10.1. The SMILES string of the molecule is [2H]C([2H])([2H])c1cc(C(C)(C)C)ccc1-c1cc(-c2c(C)ccc3c2oc2cc(-c4ccccc4)ccc23)[n+](C)cc1[Si](C)(C)C. The van der Waals surface area contributed by atoms with Crippen LogP contribution >= 0.6 is 0 Å². The summed E-state index contributed by atoms with van der Waals surface area (Å²) in [5, 5.41) is 3.37. The number of aryl methyl sites for hydroxylation is 3. The first-order valence-corrected chi connectivity index (χ1v) is 18.3. The van der Waals surface area contributed by atoms with Crippen LogP contribution in [-0.2, 0) is 12.5 Å². The molecule has 0 saturated heterocycles. The number of furan rings is 1. The summed E-state index contributed by atoms with van der Waals surface area (Å²) in [6.45, 7) is 13.2. The Bertz CT molecular complexity index is 2080. The molecule has 0 radical (unpaired) electrons. The molecule has 0 saturated carbocycles. The van der Waals surface area contributed by atoms with Crippen molar-refractivity contribution in [1.82, 2.24) is 0 Å². The van der Waals surface area contributed by atoms with Gasteiger partial charge in [0.2, 0.25) is 5.69 Å². The number of hydrogen-bond acceptors (Lipinski definition) is 1. The Hall–Kier alpha value is -3.95. The van der Waals surface area contributed by atoms with Gasteiger partial charge in [0.25, 0.3) is 0 Å². The van der Waals surface area contributed by atoms with E-state index in [9.17, 15) is 0 Å². The molecule has 0 aliphatic rings. The third kappa shape index (κ3) is 4.90. The molecule has 4 aromatic carbocycles. The van der Waals surface area contributed by atoms with Crippen LogP contribution in [0.25, 0.3) is 55.4 Å². The second-order valence-electron chi connectivity index (χ2n) is 13.7. The van der Waals surface area contributed by atoms with Crippen molar-refractivity contribution in [3.8, 4) is 33.5 Å². The number of rotatable bonds is 4. The van der Waals surface area contributed by atoms with Crippen molar-refractivity contribution in [2.45, 2.75) is 59.6 Å². The predicted octanol–water partition coefficient (Wildman–Crippen LogP) is 9.87. The average Bonchev–Trinajstić information content (AvgIpc) is 3.34. The van der Waals surface area contributed by atoms with E-state index >= 15 is 0 Å². The largest absolute Gasteiger partial charge is 0.455 e. The van der Waals surface area contributed by atoms with Gasteiger partial charge >= 0.3 is 0 Å². The van der Waals surface area contributed by atoms with Gasteiger partial charge < -0.3 is 4.42 Å². The normalized spacial score (nSPS) is 13.8. The molecule has 212 valence electrons. The fourth-order valence-electron chi connectivity index (χ4n) is 6.03. The molecule has 0 bridgehead atoms. The van der Waals surface area contributed by atoms with Crippen molar-refractivity contribution in [3.63, 3.8) is 0 Å². The van der Waals surface area contributed by atoms with E-state index in [4.69, 9.17) is 8.53 Å². The summed E-state index contributed by atoms with van der Waals surface area (Å²) in [4.78, 5) is 0. The van der Waals surface area contributed by atoms with Crippen LogP contribution < -0.4 is 9.75 Å². The van der Waals surface area contributed by atoms with Gasteiger partial charge in [-0.05, 0) is 70.3 Å². The number of nitrogens with zero attached hydrogens (tertiary/aromatic N) is 1. The van der Waals surface area contributed by atoms with Crippen LogP contribution in [0, 0.1) is 13.8 Å². The van der Waals surface area contributed by atoms with Crippen molar-refractivity contribution < 1.29 is 13.1 Å². The smallest absolute Gasteiger partial charge is 0.216 e. The fraction of sp³-hybridized carbons (Fsp3) is 0.256. The summed E-state index contributed by atoms with van der Waals surface area (Å²) in [5.41, 5.74) is 10.1. The number of pyridine rings is 1. The maximum Gasteiger partial charge on any atom is 0.216 e. The molecule has 0 N–H and O–H groups in total. The van der Waals surface area contributed by atoms with Crippen molar-refractivity contribution in [2.24, 2.45) is 7.05 Å². The van der Waals surface area contributed by atoms with Gasteiger partial charge in [-0.2, -0.15) is 0 Å². The lowest BCUT2D eigenvalue weighted by Gasteiger charge is -2.24. The molecule has 6 aromatic rings. The molecule has 0 atom stereocenters. The lowest BCUT2D eigenvalue weighted by molar-refractivity contribution is -0.659. The molecule has 2 heterocycles. The van der Waals surface area contributed by atoms with Gasteiger partial charge in [-0.25, -0.2) is 4.57 Å². The quantitative estimate of drug-likeness (QED) is 0.152. The first-order chi connectivity index (χ1) is 21.0. The highest BCUT2D eigenvalue weighted by Crippen LogP contribution is 2.39. The average molecular weight is 572 g/mol. The highest BCUT2D eigenvalue weighted by atomic mass is 28.3. The first kappa shape index (κ1) is 24.6. The lowest BCUT2D eigenvalue weighted by atomic mass is 9.84. The van der Waals surface area contributed by atoms with Gasteiger partial charge in [0.1, 0.15) is 18.2 Å². The molecule has 2 aromatic heterocycles. The molecule has 0 fully saturated rings. The van der Waals surface area contributed by atoms with E-state index in [0.717, 1.165) is 66.6 Å². The van der Waals surface area contributed by atoms with E-state index in [1.165, 1.54) is 5.19 Å². The molecule has 2 nitrogen and oxygen atoms in total. The third-order valence-corrected chi connectivity index (χ3v) is 10.5. The molecule has 6 rings (SSSR count). The van der Waals surface area contributed by atoms with Crippen LogP contribution in [0.1, 0.15) is 41.6 Å². The summed E-state index contributed by atoms with van der Waals surface area (Å²) in [6.07, 6.45) is 2.23. The van der Waals surface area contributed by atoms with E-state index < -0.39 is 14.9 Å². The number of fused-ring (bicyclic) bond motifs is 3. The van der Waals surface area contributed by atoms with Crippen LogP contribution in [0.5, 0.6) is 0 Å². The highest BCUT2D eigenvalue weighted by Gasteiger charge is 2.29. The van der Waals surface area contributed by atoms with Crippen LogP contribution in [0.4, 0.5) is 0 Å². The van der Waals surface area contributed by atoms with Gasteiger partial charge in [0.15, 0.2) is 6.20 Å². The van der Waals surface area contributed by atoms with Crippen molar-refractivity contribution in [2.75, 3.05) is 0 Å². The standard InChI is InChI=1S/C39H42NOSi/c1-25-15-18-32-31-19-16-28(27-13-11-10-12-14-27)22-35(31)41-38(32)37(25)34-23-33(36(24-40(34)6)42(7,8)9)30-20-17-29(21-26(30)2)39(3,4)5/h10-24H,1-9H3/q+1/i2D3. The van der Waals surface area contributed by atoms with Gasteiger partial charge in [-0.1, -0.05) is 107 Å². The van der Waals surface area contributed by atoms with E-state index in [2.05, 4.69) is 132 Å². The Kier molecular flexibility index (Phi) is 5.92. The minimum Gasteiger partial charge on any atom is -0.455 e. The van der Waals surface area contributed by atoms with Crippen molar-refractivity contribution >= 4 is 35.2 Å². The molecule has 0 aliphatic heterocycles. The first-order valence-electron chi connectivity index (χ1n) is 16.3. The fourth-order valence-corrected chi connectivity index (χ4v) is 7.63. The van der Waals surface area contributed by atoms with Crippen LogP contribution in [0.3, 0.4) is 0 Å². The van der Waals surface area contributed by atoms with Crippen molar-refractivity contribution in [3.05, 3.63) is 108 Å². The minimum absolute atomic E-state index is 0.164. The van der Waals surface area contributed by atoms with E-state index in [1.807, 2.05) is 18.2 Å². The summed E-state index contributed by atoms with van der Waals surface area (Å²) in [5.74, 6) is 0. The number of aromatic nitrogens is 1. The Morgan fingerprint density at radius 3 is 2.19 bits per heavy atom. The molecule has 0 amide bonds. The van der Waals surface area contributed by atoms with Gasteiger partial charge in [-0.3, -0.25) is 0 Å². The summed E-state index contributed by atoms with van der Waals surface area (Å²) < 4.78 is 34.6. The Morgan fingerprint density at radius 2 is 1.50 bits per heavy atom. The second-order valence-corrected chi connectivity index (χ2v) is 18.7. The molecular formula is C39H42NOSi+. The molecule has 42 heavy (non-hydrogen) atoms. The van der Waals surface area contributed by atoms with Crippen LogP contribution in [0.2, 0.25) is 19.6 Å². The minimum atomic E-state index is -2.25. The summed E-state index contributed by atoms with van der Waals surface area (Å²) in [6, 6.07) is 29.3. The Balaban J connectivity index is 1.63. The molecule has 3 heteroatoms. The zero-order chi connectivity index (χ0) is 32.5. The van der Waals surface area contributed by atoms with Crippen LogP contribution in [0.15, 0.2) is 95.5 Å². The van der Waals surface area contributed by atoms with E-state index in [-0.39, 0.29) is 5.41 Å². The predicted molar refractivity (Wildman–Crippen MR) is 182 cm³/mol. The van der Waals surface area contributed by atoms with E-state index in [0.29, 0.717) is 5.56 Å². The summed E-state index contributed by atoms with van der Waals surface area (Å²) >= 11 is 0.